The highest BCUT2D eigenvalue weighted by Crippen LogP contribution is 2.26. The number of anilines is 2. The van der Waals surface area contributed by atoms with Gasteiger partial charge in [-0.25, -0.2) is 8.42 Å². The van der Waals surface area contributed by atoms with Crippen LogP contribution in [-0.2, 0) is 19.4 Å². The first-order valence-corrected chi connectivity index (χ1v) is 11.7. The number of aromatic nitrogens is 2. The van der Waals surface area contributed by atoms with Crippen LogP contribution in [0.3, 0.4) is 0 Å². The summed E-state index contributed by atoms with van der Waals surface area (Å²) in [5, 5.41) is 9.55. The van der Waals surface area contributed by atoms with Gasteiger partial charge in [0.2, 0.25) is 17.7 Å². The second-order valence-electron chi connectivity index (χ2n) is 7.66. The number of sulfone groups is 1. The molecule has 0 unspecified atom stereocenters. The third kappa shape index (κ3) is 4.40. The molecule has 1 fully saturated rings. The van der Waals surface area contributed by atoms with Crippen LogP contribution in [0.25, 0.3) is 11.5 Å². The Hall–Kier alpha value is -3.86. The lowest BCUT2D eigenvalue weighted by atomic mass is 10.2. The molecule has 0 radical (unpaired) electrons. The van der Waals surface area contributed by atoms with Crippen LogP contribution in [0, 0.1) is 0 Å². The normalized spacial score (nSPS) is 14.2. The number of carbonyl (C=O) groups excluding carboxylic acids is 3. The summed E-state index contributed by atoms with van der Waals surface area (Å²) < 4.78 is 30.3. The Morgan fingerprint density at radius 1 is 1.03 bits per heavy atom. The average Bonchev–Trinajstić information content (AvgIpc) is 3.40. The maximum Gasteiger partial charge on any atom is 0.322 e. The van der Waals surface area contributed by atoms with Crippen LogP contribution >= 0.6 is 0 Å². The van der Waals surface area contributed by atoms with Crippen LogP contribution in [0.2, 0.25) is 0 Å². The fourth-order valence-corrected chi connectivity index (χ4v) is 4.37. The van der Waals surface area contributed by atoms with E-state index >= 15 is 0 Å². The number of nitrogens with zero attached hydrogens (tertiary/aromatic N) is 3. The average molecular weight is 468 g/mol. The largest absolute Gasteiger partial charge is 0.403 e. The highest BCUT2D eigenvalue weighted by Gasteiger charge is 2.30. The van der Waals surface area contributed by atoms with Gasteiger partial charge in [-0.15, -0.1) is 5.10 Å². The van der Waals surface area contributed by atoms with E-state index in [0.717, 1.165) is 4.90 Å². The molecule has 10 nitrogen and oxygen atoms in total. The molecular formula is C22H20N4O6S. The fourth-order valence-electron chi connectivity index (χ4n) is 3.26. The van der Waals surface area contributed by atoms with Gasteiger partial charge < -0.3 is 4.42 Å². The third-order valence-corrected chi connectivity index (χ3v) is 7.27. The first-order valence-electron chi connectivity index (χ1n) is 10.1. The molecule has 1 aliphatic rings. The van der Waals surface area contributed by atoms with Crippen molar-refractivity contribution >= 4 is 39.3 Å². The smallest absolute Gasteiger partial charge is 0.322 e. The Morgan fingerprint density at radius 2 is 1.70 bits per heavy atom. The molecule has 0 atom stereocenters. The van der Waals surface area contributed by atoms with Crippen LogP contribution in [-0.4, -0.2) is 41.6 Å². The van der Waals surface area contributed by atoms with Crippen molar-refractivity contribution in [3.63, 3.8) is 0 Å². The van der Waals surface area contributed by atoms with Gasteiger partial charge in [0.25, 0.3) is 5.91 Å². The summed E-state index contributed by atoms with van der Waals surface area (Å²) in [6.07, 6.45) is 0.347. The maximum atomic E-state index is 12.5. The molecule has 33 heavy (non-hydrogen) atoms. The zero-order chi connectivity index (χ0) is 23.8. The van der Waals surface area contributed by atoms with Crippen LogP contribution in [0.5, 0.6) is 0 Å². The molecule has 4 rings (SSSR count). The summed E-state index contributed by atoms with van der Waals surface area (Å²) in [6, 6.07) is 11.9. The lowest BCUT2D eigenvalue weighted by Gasteiger charge is -2.13. The SMILES string of the molecule is CC(C)S(=O)(=O)c1cccc(-c2nnc(NC(=O)c3ccc(N4C(=O)CCC4=O)cc3)o2)c1. The topological polar surface area (TPSA) is 140 Å². The summed E-state index contributed by atoms with van der Waals surface area (Å²) in [5.74, 6) is -1.04. The van der Waals surface area contributed by atoms with Gasteiger partial charge >= 0.3 is 6.01 Å². The highest BCUT2D eigenvalue weighted by atomic mass is 32.2. The number of imide groups is 1. The van der Waals surface area contributed by atoms with Gasteiger partial charge in [-0.2, -0.15) is 0 Å². The van der Waals surface area contributed by atoms with Gasteiger partial charge in [-0.05, 0) is 56.3 Å². The molecule has 2 heterocycles. The van der Waals surface area contributed by atoms with E-state index in [-0.39, 0.29) is 47.0 Å². The molecule has 0 spiro atoms. The van der Waals surface area contributed by atoms with Crippen molar-refractivity contribution < 1.29 is 27.2 Å². The molecule has 0 bridgehead atoms. The lowest BCUT2D eigenvalue weighted by molar-refractivity contribution is -0.121. The van der Waals surface area contributed by atoms with E-state index in [2.05, 4.69) is 15.5 Å². The van der Waals surface area contributed by atoms with Gasteiger partial charge in [-0.3, -0.25) is 24.6 Å². The Bertz CT molecular complexity index is 1330. The molecule has 170 valence electrons. The molecular weight excluding hydrogens is 448 g/mol. The zero-order valence-electron chi connectivity index (χ0n) is 17.8. The summed E-state index contributed by atoms with van der Waals surface area (Å²) >= 11 is 0. The molecule has 0 aliphatic carbocycles. The first-order chi connectivity index (χ1) is 15.7. The van der Waals surface area contributed by atoms with E-state index in [9.17, 15) is 22.8 Å². The number of hydrogen-bond donors (Lipinski definition) is 1. The molecule has 1 aliphatic heterocycles. The van der Waals surface area contributed by atoms with E-state index in [1.165, 1.54) is 36.4 Å². The number of hydrogen-bond acceptors (Lipinski definition) is 8. The summed E-state index contributed by atoms with van der Waals surface area (Å²) in [5.41, 5.74) is 1.05. The Labute approximate surface area is 189 Å². The van der Waals surface area contributed by atoms with Gasteiger partial charge in [0, 0.05) is 24.0 Å². The van der Waals surface area contributed by atoms with Gasteiger partial charge in [0.1, 0.15) is 0 Å². The van der Waals surface area contributed by atoms with Gasteiger partial charge in [0.05, 0.1) is 15.8 Å². The highest BCUT2D eigenvalue weighted by molar-refractivity contribution is 7.92. The summed E-state index contributed by atoms with van der Waals surface area (Å²) in [6.45, 7) is 3.19. The van der Waals surface area contributed by atoms with E-state index in [1.807, 2.05) is 0 Å². The van der Waals surface area contributed by atoms with E-state index in [4.69, 9.17) is 4.42 Å². The van der Waals surface area contributed by atoms with Crippen molar-refractivity contribution in [3.05, 3.63) is 54.1 Å². The van der Waals surface area contributed by atoms with Crippen LogP contribution < -0.4 is 10.2 Å². The number of benzene rings is 2. The van der Waals surface area contributed by atoms with E-state index in [0.29, 0.717) is 11.3 Å². The van der Waals surface area contributed by atoms with Crippen molar-refractivity contribution in [2.45, 2.75) is 36.8 Å². The van der Waals surface area contributed by atoms with Gasteiger partial charge in [0.15, 0.2) is 9.84 Å². The second kappa shape index (κ2) is 8.58. The fraction of sp³-hybridized carbons (Fsp3) is 0.227. The quantitative estimate of drug-likeness (QED) is 0.545. The second-order valence-corrected chi connectivity index (χ2v) is 10.2. The predicted molar refractivity (Wildman–Crippen MR) is 118 cm³/mol. The molecule has 1 saturated heterocycles. The van der Waals surface area contributed by atoms with Crippen molar-refractivity contribution in [1.82, 2.24) is 10.2 Å². The molecule has 1 N–H and O–H groups in total. The Kier molecular flexibility index (Phi) is 5.81. The van der Waals surface area contributed by atoms with Gasteiger partial charge in [-0.1, -0.05) is 11.2 Å². The number of rotatable bonds is 6. The molecule has 11 heteroatoms. The van der Waals surface area contributed by atoms with Crippen LogP contribution in [0.15, 0.2) is 57.8 Å². The first kappa shape index (κ1) is 22.3. The molecule has 3 aromatic rings. The summed E-state index contributed by atoms with van der Waals surface area (Å²) in [7, 11) is -3.48. The van der Waals surface area contributed by atoms with Crippen LogP contribution in [0.4, 0.5) is 11.7 Å². The Morgan fingerprint density at radius 3 is 2.33 bits per heavy atom. The number of carbonyl (C=O) groups is 3. The molecule has 2 aromatic carbocycles. The standard InChI is InChI=1S/C22H20N4O6S/c1-13(2)33(30,31)17-5-3-4-15(12-17)21-24-25-22(32-21)23-20(29)14-6-8-16(9-7-14)26-18(27)10-11-19(26)28/h3-9,12-13H,10-11H2,1-2H3,(H,23,25,29). The van der Waals surface area contributed by atoms with Crippen molar-refractivity contribution in [2.24, 2.45) is 0 Å². The minimum absolute atomic E-state index is 0.0486. The number of amides is 3. The van der Waals surface area contributed by atoms with Crippen molar-refractivity contribution in [3.8, 4) is 11.5 Å². The van der Waals surface area contributed by atoms with Crippen molar-refractivity contribution in [1.29, 1.82) is 0 Å². The predicted octanol–water partition coefficient (Wildman–Crippen LogP) is 2.82. The van der Waals surface area contributed by atoms with Crippen molar-refractivity contribution in [2.75, 3.05) is 10.2 Å². The Balaban J connectivity index is 1.49. The third-order valence-electron chi connectivity index (χ3n) is 5.11. The van der Waals surface area contributed by atoms with Crippen LogP contribution in [0.1, 0.15) is 37.0 Å². The minimum Gasteiger partial charge on any atom is -0.403 e. The number of nitrogens with one attached hydrogen (secondary N) is 1. The molecule has 1 aromatic heterocycles. The maximum absolute atomic E-state index is 12.5. The lowest BCUT2D eigenvalue weighted by Crippen LogP contribution is -2.28. The minimum atomic E-state index is -3.48. The zero-order valence-corrected chi connectivity index (χ0v) is 18.6. The summed E-state index contributed by atoms with van der Waals surface area (Å²) in [4.78, 5) is 37.4. The molecule has 0 saturated carbocycles. The monoisotopic (exact) mass is 468 g/mol. The van der Waals surface area contributed by atoms with E-state index < -0.39 is 21.0 Å². The van der Waals surface area contributed by atoms with E-state index in [1.54, 1.807) is 26.0 Å². The molecule has 3 amide bonds.